The number of imidazole rings is 1. The van der Waals surface area contributed by atoms with Crippen molar-refractivity contribution in [3.8, 4) is 0 Å². The topological polar surface area (TPSA) is 98.9 Å². The van der Waals surface area contributed by atoms with E-state index in [1.54, 1.807) is 4.90 Å². The maximum absolute atomic E-state index is 13.6. The van der Waals surface area contributed by atoms with Gasteiger partial charge in [-0.15, -0.1) is 0 Å². The normalized spacial score (nSPS) is 16.2. The predicted molar refractivity (Wildman–Crippen MR) is 135 cm³/mol. The van der Waals surface area contributed by atoms with Crippen LogP contribution in [0, 0.1) is 36.5 Å². The molecule has 36 heavy (non-hydrogen) atoms. The number of aromatic nitrogens is 2. The van der Waals surface area contributed by atoms with Gasteiger partial charge in [-0.2, -0.15) is 0 Å². The summed E-state index contributed by atoms with van der Waals surface area (Å²) in [5.41, 5.74) is 0.378. The first kappa shape index (κ1) is 28.0. The summed E-state index contributed by atoms with van der Waals surface area (Å²) >= 11 is 0. The van der Waals surface area contributed by atoms with E-state index in [1.807, 2.05) is 73.1 Å². The van der Waals surface area contributed by atoms with Crippen LogP contribution in [0.15, 0.2) is 73.1 Å². The molecule has 3 aromatic rings. The summed E-state index contributed by atoms with van der Waals surface area (Å²) in [6, 6.07) is 19.3. The standard InChI is InChI=1S/C26H28N4O3.CH4O.U/c31-23(30(21-7-3-1-4-8-21)22-9-5-2-6-10-22)19-26(24(32)33)13-16-28(17-14-26)25-27-15-18-29(25)20-11-12-20;1-2;/h1-10,15,18,20H,11-14,16-17,19H2,(H,32,33);2H,1H3;. The van der Waals surface area contributed by atoms with Gasteiger partial charge in [0, 0.05) is 87.5 Å². The van der Waals surface area contributed by atoms with Crippen LogP contribution >= 0.6 is 0 Å². The van der Waals surface area contributed by atoms with Crippen LogP contribution in [0.3, 0.4) is 0 Å². The number of hydrogen-bond donors (Lipinski definition) is 2. The Bertz CT molecular complexity index is 1090. The maximum atomic E-state index is 13.6. The second kappa shape index (κ2) is 12.6. The van der Waals surface area contributed by atoms with Crippen molar-refractivity contribution in [3.63, 3.8) is 0 Å². The number of benzene rings is 2. The Hall–Kier alpha value is -2.60. The van der Waals surface area contributed by atoms with Gasteiger partial charge in [-0.05, 0) is 49.9 Å². The average molecular weight is 715 g/mol. The quantitative estimate of drug-likeness (QED) is 0.380. The van der Waals surface area contributed by atoms with E-state index in [0.717, 1.165) is 24.4 Å². The van der Waals surface area contributed by atoms with Crippen LogP contribution < -0.4 is 9.80 Å². The first-order valence-corrected chi connectivity index (χ1v) is 12.0. The summed E-state index contributed by atoms with van der Waals surface area (Å²) < 4.78 is 2.20. The van der Waals surface area contributed by atoms with Crippen molar-refractivity contribution in [1.82, 2.24) is 9.55 Å². The van der Waals surface area contributed by atoms with Gasteiger partial charge in [0.05, 0.1) is 5.41 Å². The largest absolute Gasteiger partial charge is 0.481 e. The minimum Gasteiger partial charge on any atom is -0.481 e. The monoisotopic (exact) mass is 714 g/mol. The number of piperidine rings is 1. The van der Waals surface area contributed by atoms with Crippen LogP contribution in [0.2, 0.25) is 0 Å². The molecule has 2 N–H and O–H groups in total. The molecule has 2 fully saturated rings. The van der Waals surface area contributed by atoms with E-state index in [0.29, 0.717) is 32.0 Å². The Morgan fingerprint density at radius 2 is 1.50 bits per heavy atom. The van der Waals surface area contributed by atoms with Crippen molar-refractivity contribution in [1.29, 1.82) is 0 Å². The van der Waals surface area contributed by atoms with Crippen molar-refractivity contribution in [2.45, 2.75) is 38.1 Å². The molecule has 2 aliphatic rings. The van der Waals surface area contributed by atoms with Gasteiger partial charge in [0.15, 0.2) is 0 Å². The Balaban J connectivity index is 0.00000117. The molecule has 1 amide bonds. The van der Waals surface area contributed by atoms with Crippen LogP contribution in [-0.4, -0.2) is 51.8 Å². The Morgan fingerprint density at radius 1 is 0.972 bits per heavy atom. The SMILES string of the molecule is CO.O=C(CC1(C(=O)O)CCN(c2nccn2C2CC2)CC1)N(c1ccccc1)c1ccccc1.[U]. The molecule has 2 heterocycles. The number of carboxylic acids is 1. The number of para-hydroxylation sites is 2. The van der Waals surface area contributed by atoms with Crippen LogP contribution in [-0.2, 0) is 9.59 Å². The smallest absolute Gasteiger partial charge is 0.310 e. The number of amides is 1. The third-order valence-electron chi connectivity index (χ3n) is 6.81. The number of hydrogen-bond acceptors (Lipinski definition) is 5. The molecule has 1 saturated carbocycles. The van der Waals surface area contributed by atoms with Gasteiger partial charge in [0.2, 0.25) is 11.9 Å². The molecule has 8 nitrogen and oxygen atoms in total. The third kappa shape index (κ3) is 6.03. The first-order valence-electron chi connectivity index (χ1n) is 12.0. The van der Waals surface area contributed by atoms with Crippen LogP contribution in [0.5, 0.6) is 0 Å². The molecule has 0 bridgehead atoms. The van der Waals surface area contributed by atoms with Crippen molar-refractivity contribution in [2.75, 3.05) is 30.0 Å². The van der Waals surface area contributed by atoms with Gasteiger partial charge in [-0.3, -0.25) is 14.5 Å². The molecule has 0 radical (unpaired) electrons. The minimum atomic E-state index is -1.09. The number of aliphatic hydroxyl groups excluding tert-OH is 1. The molecule has 2 aromatic carbocycles. The van der Waals surface area contributed by atoms with E-state index in [4.69, 9.17) is 5.11 Å². The van der Waals surface area contributed by atoms with E-state index in [1.165, 1.54) is 12.8 Å². The molecule has 0 atom stereocenters. The zero-order chi connectivity index (χ0) is 24.8. The van der Waals surface area contributed by atoms with Crippen molar-refractivity contribution in [3.05, 3.63) is 73.1 Å². The zero-order valence-corrected chi connectivity index (χ0v) is 24.6. The molecule has 0 unspecified atom stereocenters. The summed E-state index contributed by atoms with van der Waals surface area (Å²) in [6.07, 6.45) is 6.92. The van der Waals surface area contributed by atoms with Crippen molar-refractivity contribution in [2.24, 2.45) is 5.41 Å². The number of aliphatic hydroxyl groups is 1. The summed E-state index contributed by atoms with van der Waals surface area (Å²) in [5.74, 6) is -0.192. The van der Waals surface area contributed by atoms with Crippen LogP contribution in [0.25, 0.3) is 0 Å². The molecule has 1 saturated heterocycles. The zero-order valence-electron chi connectivity index (χ0n) is 20.5. The fraction of sp³-hybridized carbons (Fsp3) is 0.370. The Morgan fingerprint density at radius 3 is 1.97 bits per heavy atom. The van der Waals surface area contributed by atoms with Gasteiger partial charge >= 0.3 is 5.97 Å². The summed E-state index contributed by atoms with van der Waals surface area (Å²) in [7, 11) is 1.00. The molecule has 9 heteroatoms. The third-order valence-corrected chi connectivity index (χ3v) is 6.81. The van der Waals surface area contributed by atoms with Crippen LogP contribution in [0.4, 0.5) is 17.3 Å². The van der Waals surface area contributed by atoms with Gasteiger partial charge in [0.25, 0.3) is 0 Å². The van der Waals surface area contributed by atoms with E-state index in [9.17, 15) is 14.7 Å². The van der Waals surface area contributed by atoms with Gasteiger partial charge < -0.3 is 19.7 Å². The summed E-state index contributed by atoms with van der Waals surface area (Å²) in [4.78, 5) is 34.4. The molecule has 188 valence electrons. The van der Waals surface area contributed by atoms with Gasteiger partial charge in [0.1, 0.15) is 0 Å². The van der Waals surface area contributed by atoms with Crippen LogP contribution in [0.1, 0.15) is 38.1 Å². The predicted octanol–water partition coefficient (Wildman–Crippen LogP) is 4.25. The first-order chi connectivity index (χ1) is 17.1. The molecule has 1 aromatic heterocycles. The second-order valence-corrected chi connectivity index (χ2v) is 9.02. The number of carbonyl (C=O) groups is 2. The average Bonchev–Trinajstić information content (AvgIpc) is 3.63. The molecule has 5 rings (SSSR count). The molecule has 1 aliphatic heterocycles. The number of aliphatic carboxylic acids is 1. The number of rotatable bonds is 7. The number of carbonyl (C=O) groups excluding carboxylic acids is 1. The fourth-order valence-electron chi connectivity index (χ4n) is 4.75. The number of carboxylic acid groups (broad SMARTS) is 1. The number of nitrogens with zero attached hydrogens (tertiary/aromatic N) is 4. The second-order valence-electron chi connectivity index (χ2n) is 9.02. The minimum absolute atomic E-state index is 0. The molecular weight excluding hydrogens is 682 g/mol. The Labute approximate surface area is 235 Å². The number of anilines is 3. The van der Waals surface area contributed by atoms with E-state index < -0.39 is 11.4 Å². The summed E-state index contributed by atoms with van der Waals surface area (Å²) in [5, 5.41) is 17.2. The van der Waals surface area contributed by atoms with Crippen molar-refractivity contribution >= 4 is 29.2 Å². The van der Waals surface area contributed by atoms with E-state index in [-0.39, 0.29) is 43.4 Å². The molecular formula is C27H32N4O4U. The maximum Gasteiger partial charge on any atom is 0.310 e. The molecule has 0 spiro atoms. The van der Waals surface area contributed by atoms with Crippen molar-refractivity contribution < 1.29 is 50.9 Å². The fourth-order valence-corrected chi connectivity index (χ4v) is 4.75. The van der Waals surface area contributed by atoms with Gasteiger partial charge in [-0.1, -0.05) is 36.4 Å². The Kier molecular flexibility index (Phi) is 9.78. The van der Waals surface area contributed by atoms with E-state index >= 15 is 0 Å². The van der Waals surface area contributed by atoms with E-state index in [2.05, 4.69) is 14.5 Å². The molecule has 1 aliphatic carbocycles. The summed E-state index contributed by atoms with van der Waals surface area (Å²) in [6.45, 7) is 1.14. The van der Waals surface area contributed by atoms with Gasteiger partial charge in [-0.25, -0.2) is 4.98 Å².